The van der Waals surface area contributed by atoms with Gasteiger partial charge in [0.2, 0.25) is 0 Å². The fraction of sp³-hybridized carbons (Fsp3) is 0.686. The van der Waals surface area contributed by atoms with Gasteiger partial charge in [0, 0.05) is 19.4 Å². The molecule has 0 rings (SSSR count). The number of rotatable bonds is 41. The van der Waals surface area contributed by atoms with Gasteiger partial charge in [0.1, 0.15) is 6.61 Å². The first-order chi connectivity index (χ1) is 27.6. The summed E-state index contributed by atoms with van der Waals surface area (Å²) in [6.07, 6.45) is 60.3. The SMILES string of the molecule is CC/C=C\C/C=C\C/C=C\C/C=C\C/C=C\C/C=C\CCCOCC(COC(=O)CCCCCCC/C=C\CCCCCC)OC(=O)CCCCCCCCC. The quantitative estimate of drug-likeness (QED) is 0.0351. The third-order valence-corrected chi connectivity index (χ3v) is 9.42. The Kier molecular flexibility index (Phi) is 44.0. The van der Waals surface area contributed by atoms with Gasteiger partial charge in [-0.25, -0.2) is 0 Å². The Balaban J connectivity index is 4.28. The first-order valence-corrected chi connectivity index (χ1v) is 23.1. The molecule has 0 fully saturated rings. The largest absolute Gasteiger partial charge is 0.462 e. The van der Waals surface area contributed by atoms with Gasteiger partial charge < -0.3 is 14.2 Å². The number of carbonyl (C=O) groups is 2. The zero-order valence-corrected chi connectivity index (χ0v) is 36.6. The summed E-state index contributed by atoms with van der Waals surface area (Å²) in [5, 5.41) is 0. The lowest BCUT2D eigenvalue weighted by Gasteiger charge is -2.18. The Morgan fingerprint density at radius 1 is 0.411 bits per heavy atom. The number of carbonyl (C=O) groups excluding carboxylic acids is 2. The predicted octanol–water partition coefficient (Wildman–Crippen LogP) is 15.3. The smallest absolute Gasteiger partial charge is 0.306 e. The number of hydrogen-bond acceptors (Lipinski definition) is 5. The molecule has 320 valence electrons. The molecule has 0 saturated heterocycles. The summed E-state index contributed by atoms with van der Waals surface area (Å²) in [5.74, 6) is -0.450. The molecule has 0 saturated carbocycles. The van der Waals surface area contributed by atoms with Crippen molar-refractivity contribution >= 4 is 11.9 Å². The van der Waals surface area contributed by atoms with E-state index in [1.807, 2.05) is 0 Å². The topological polar surface area (TPSA) is 61.8 Å². The predicted molar refractivity (Wildman–Crippen MR) is 242 cm³/mol. The molecule has 0 heterocycles. The standard InChI is InChI=1S/C51H86O5/c1-4-7-10-13-16-18-20-22-23-24-25-26-27-28-30-32-34-37-40-43-46-54-47-49(56-51(53)45-42-39-35-15-12-9-6-3)48-55-50(52)44-41-38-36-33-31-29-21-19-17-14-11-8-5-2/h7,10,16,18-19,21-23,25-26,28,30,34,37,49H,4-6,8-9,11-15,17,20,24,27,29,31-33,35-36,38-48H2,1-3H3/b10-7-,18-16-,21-19-,23-22-,26-25-,30-28-,37-34-. The van der Waals surface area contributed by atoms with Gasteiger partial charge in [-0.05, 0) is 89.9 Å². The average Bonchev–Trinajstić information content (AvgIpc) is 3.20. The third-order valence-electron chi connectivity index (χ3n) is 9.42. The van der Waals surface area contributed by atoms with Crippen molar-refractivity contribution in [2.24, 2.45) is 0 Å². The summed E-state index contributed by atoms with van der Waals surface area (Å²) < 4.78 is 17.2. The lowest BCUT2D eigenvalue weighted by molar-refractivity contribution is -0.163. The Morgan fingerprint density at radius 2 is 0.804 bits per heavy atom. The monoisotopic (exact) mass is 779 g/mol. The molecular weight excluding hydrogens is 693 g/mol. The van der Waals surface area contributed by atoms with Crippen molar-refractivity contribution in [1.29, 1.82) is 0 Å². The van der Waals surface area contributed by atoms with Crippen LogP contribution in [-0.4, -0.2) is 37.9 Å². The molecule has 0 N–H and O–H groups in total. The van der Waals surface area contributed by atoms with Crippen LogP contribution in [0.3, 0.4) is 0 Å². The Morgan fingerprint density at radius 3 is 1.32 bits per heavy atom. The van der Waals surface area contributed by atoms with Crippen LogP contribution in [0.2, 0.25) is 0 Å². The average molecular weight is 779 g/mol. The van der Waals surface area contributed by atoms with Crippen LogP contribution < -0.4 is 0 Å². The van der Waals surface area contributed by atoms with Crippen molar-refractivity contribution < 1.29 is 23.8 Å². The van der Waals surface area contributed by atoms with Gasteiger partial charge in [0.25, 0.3) is 0 Å². The van der Waals surface area contributed by atoms with Crippen LogP contribution in [0.4, 0.5) is 0 Å². The highest BCUT2D eigenvalue weighted by molar-refractivity contribution is 5.70. The normalized spacial score (nSPS) is 13.0. The van der Waals surface area contributed by atoms with Crippen LogP contribution in [0.15, 0.2) is 85.1 Å². The summed E-state index contributed by atoms with van der Waals surface area (Å²) in [6, 6.07) is 0. The maximum atomic E-state index is 12.6. The highest BCUT2D eigenvalue weighted by Gasteiger charge is 2.17. The Bertz CT molecular complexity index is 1060. The lowest BCUT2D eigenvalue weighted by Crippen LogP contribution is -2.30. The van der Waals surface area contributed by atoms with Crippen LogP contribution in [0.5, 0.6) is 0 Å². The first kappa shape index (κ1) is 53.1. The van der Waals surface area contributed by atoms with E-state index in [0.29, 0.717) is 19.4 Å². The molecule has 0 aromatic rings. The zero-order chi connectivity index (χ0) is 40.7. The van der Waals surface area contributed by atoms with Gasteiger partial charge >= 0.3 is 11.9 Å². The van der Waals surface area contributed by atoms with Crippen molar-refractivity contribution in [3.8, 4) is 0 Å². The first-order valence-electron chi connectivity index (χ1n) is 23.1. The molecule has 1 unspecified atom stereocenters. The fourth-order valence-corrected chi connectivity index (χ4v) is 5.99. The van der Waals surface area contributed by atoms with E-state index < -0.39 is 6.10 Å². The molecule has 0 bridgehead atoms. The molecule has 0 aromatic carbocycles. The van der Waals surface area contributed by atoms with Gasteiger partial charge in [-0.15, -0.1) is 0 Å². The van der Waals surface area contributed by atoms with Crippen molar-refractivity contribution in [2.45, 2.75) is 207 Å². The van der Waals surface area contributed by atoms with E-state index in [1.165, 1.54) is 70.6 Å². The van der Waals surface area contributed by atoms with Gasteiger partial charge in [-0.1, -0.05) is 183 Å². The van der Waals surface area contributed by atoms with Crippen LogP contribution >= 0.6 is 0 Å². The van der Waals surface area contributed by atoms with E-state index in [9.17, 15) is 9.59 Å². The molecule has 0 aliphatic rings. The van der Waals surface area contributed by atoms with Gasteiger partial charge in [-0.3, -0.25) is 9.59 Å². The Hall–Kier alpha value is -2.92. The van der Waals surface area contributed by atoms with E-state index >= 15 is 0 Å². The van der Waals surface area contributed by atoms with E-state index in [1.54, 1.807) is 0 Å². The lowest BCUT2D eigenvalue weighted by atomic mass is 10.1. The van der Waals surface area contributed by atoms with Gasteiger partial charge in [-0.2, -0.15) is 0 Å². The van der Waals surface area contributed by atoms with Crippen LogP contribution in [0, 0.1) is 0 Å². The van der Waals surface area contributed by atoms with Crippen LogP contribution in [0.1, 0.15) is 201 Å². The summed E-state index contributed by atoms with van der Waals surface area (Å²) >= 11 is 0. The van der Waals surface area contributed by atoms with Gasteiger partial charge in [0.05, 0.1) is 6.61 Å². The van der Waals surface area contributed by atoms with Crippen molar-refractivity contribution in [3.05, 3.63) is 85.1 Å². The number of ether oxygens (including phenoxy) is 3. The molecule has 5 heteroatoms. The molecular formula is C51H86O5. The molecule has 0 aliphatic carbocycles. The fourth-order valence-electron chi connectivity index (χ4n) is 5.99. The van der Waals surface area contributed by atoms with Crippen LogP contribution in [0.25, 0.3) is 0 Å². The number of allylic oxidation sites excluding steroid dienone is 14. The minimum absolute atomic E-state index is 0.0551. The van der Waals surface area contributed by atoms with E-state index in [2.05, 4.69) is 106 Å². The van der Waals surface area contributed by atoms with Crippen molar-refractivity contribution in [3.63, 3.8) is 0 Å². The molecule has 56 heavy (non-hydrogen) atoms. The summed E-state index contributed by atoms with van der Waals surface area (Å²) in [5.41, 5.74) is 0. The number of unbranched alkanes of at least 4 members (excludes halogenated alkanes) is 16. The molecule has 0 aromatic heterocycles. The molecule has 0 radical (unpaired) electrons. The molecule has 1 atom stereocenters. The minimum Gasteiger partial charge on any atom is -0.462 e. The van der Waals surface area contributed by atoms with E-state index in [0.717, 1.165) is 96.3 Å². The Labute approximate surface area is 346 Å². The summed E-state index contributed by atoms with van der Waals surface area (Å²) in [6.45, 7) is 7.50. The minimum atomic E-state index is -0.568. The highest BCUT2D eigenvalue weighted by Crippen LogP contribution is 2.12. The molecule has 0 spiro atoms. The summed E-state index contributed by atoms with van der Waals surface area (Å²) in [7, 11) is 0. The molecule has 0 amide bonds. The molecule has 0 aliphatic heterocycles. The van der Waals surface area contributed by atoms with Crippen molar-refractivity contribution in [2.75, 3.05) is 19.8 Å². The van der Waals surface area contributed by atoms with Crippen LogP contribution in [-0.2, 0) is 23.8 Å². The van der Waals surface area contributed by atoms with E-state index in [-0.39, 0.29) is 25.2 Å². The second-order valence-corrected chi connectivity index (χ2v) is 14.9. The second kappa shape index (κ2) is 46.5. The maximum Gasteiger partial charge on any atom is 0.306 e. The van der Waals surface area contributed by atoms with Crippen molar-refractivity contribution in [1.82, 2.24) is 0 Å². The molecule has 5 nitrogen and oxygen atoms in total. The van der Waals surface area contributed by atoms with E-state index in [4.69, 9.17) is 14.2 Å². The number of hydrogen-bond donors (Lipinski definition) is 0. The highest BCUT2D eigenvalue weighted by atomic mass is 16.6. The third kappa shape index (κ3) is 43.8. The number of esters is 2. The maximum absolute atomic E-state index is 12.6. The van der Waals surface area contributed by atoms with Gasteiger partial charge in [0.15, 0.2) is 6.10 Å². The summed E-state index contributed by atoms with van der Waals surface area (Å²) in [4.78, 5) is 25.1. The zero-order valence-electron chi connectivity index (χ0n) is 36.6. The second-order valence-electron chi connectivity index (χ2n) is 14.9.